The van der Waals surface area contributed by atoms with Crippen molar-refractivity contribution >= 4 is 11.8 Å². The second kappa shape index (κ2) is 2.06. The van der Waals surface area contributed by atoms with Crippen molar-refractivity contribution in [2.45, 2.75) is 6.92 Å². The Labute approximate surface area is 47.6 Å². The summed E-state index contributed by atoms with van der Waals surface area (Å²) >= 11 is 1.66. The minimum absolute atomic E-state index is 1.21. The summed E-state index contributed by atoms with van der Waals surface area (Å²) in [5.41, 5.74) is 4.26. The molecular formula is C6H6S. The number of allylic oxidation sites excluding steroid dienone is 2. The first-order valence-corrected chi connectivity index (χ1v) is 3.07. The van der Waals surface area contributed by atoms with E-state index in [1.807, 2.05) is 23.8 Å². The lowest BCUT2D eigenvalue weighted by Gasteiger charge is -1.87. The van der Waals surface area contributed by atoms with Crippen LogP contribution in [0.2, 0.25) is 0 Å². The lowest BCUT2D eigenvalue weighted by atomic mass is 10.3. The topological polar surface area (TPSA) is 0 Å². The van der Waals surface area contributed by atoms with Crippen LogP contribution >= 0.6 is 11.8 Å². The molecule has 1 heteroatoms. The summed E-state index contributed by atoms with van der Waals surface area (Å²) in [7, 11) is 0. The van der Waals surface area contributed by atoms with Crippen molar-refractivity contribution in [2.75, 3.05) is 0 Å². The molecule has 0 amide bonds. The molecule has 36 valence electrons. The highest BCUT2D eigenvalue weighted by atomic mass is 32.2. The average Bonchev–Trinajstić information content (AvgIpc) is 1.69. The third kappa shape index (κ3) is 1.26. The molecule has 0 spiro atoms. The molecule has 7 heavy (non-hydrogen) atoms. The Morgan fingerprint density at radius 2 is 2.57 bits per heavy atom. The molecule has 1 heterocycles. The molecule has 0 N–H and O–H groups in total. The summed E-state index contributed by atoms with van der Waals surface area (Å²) in [6.07, 6.45) is 2.05. The van der Waals surface area contributed by atoms with E-state index in [9.17, 15) is 0 Å². The minimum Gasteiger partial charge on any atom is -0.110 e. The van der Waals surface area contributed by atoms with Gasteiger partial charge in [0, 0.05) is 5.41 Å². The first kappa shape index (κ1) is 4.76. The van der Waals surface area contributed by atoms with Crippen LogP contribution in [0.25, 0.3) is 0 Å². The molecule has 1 aliphatic rings. The highest BCUT2D eigenvalue weighted by Crippen LogP contribution is 2.10. The van der Waals surface area contributed by atoms with Gasteiger partial charge in [0.2, 0.25) is 0 Å². The Kier molecular flexibility index (Phi) is 1.40. The second-order valence-corrected chi connectivity index (χ2v) is 2.16. The zero-order valence-electron chi connectivity index (χ0n) is 4.14. The highest BCUT2D eigenvalue weighted by Gasteiger charge is 1.80. The molecule has 0 saturated carbocycles. The standard InChI is InChI=1S/C6H6S/c1-6-2-4-7-5-3-6/h2,4-5H,1H3. The molecular weight excluding hydrogens is 104 g/mol. The summed E-state index contributed by atoms with van der Waals surface area (Å²) in [5, 5.41) is 4.00. The molecule has 0 unspecified atom stereocenters. The highest BCUT2D eigenvalue weighted by molar-refractivity contribution is 8.04. The molecule has 0 aromatic carbocycles. The fourth-order valence-electron chi connectivity index (χ4n) is 0.356. The molecule has 0 aromatic heterocycles. The van der Waals surface area contributed by atoms with Gasteiger partial charge in [0.1, 0.15) is 0 Å². The molecule has 0 aliphatic carbocycles. The Morgan fingerprint density at radius 1 is 1.71 bits per heavy atom. The molecule has 0 atom stereocenters. The van der Waals surface area contributed by atoms with Gasteiger partial charge in [-0.2, -0.15) is 0 Å². The summed E-state index contributed by atoms with van der Waals surface area (Å²) in [6, 6.07) is 0. The zero-order chi connectivity index (χ0) is 5.11. The van der Waals surface area contributed by atoms with E-state index in [-0.39, 0.29) is 0 Å². The van der Waals surface area contributed by atoms with Crippen molar-refractivity contribution < 1.29 is 0 Å². The Morgan fingerprint density at radius 3 is 2.86 bits per heavy atom. The van der Waals surface area contributed by atoms with Gasteiger partial charge in [-0.05, 0) is 24.0 Å². The van der Waals surface area contributed by atoms with E-state index in [0.29, 0.717) is 0 Å². The molecule has 0 nitrogen and oxygen atoms in total. The first-order valence-electron chi connectivity index (χ1n) is 2.13. The zero-order valence-corrected chi connectivity index (χ0v) is 4.96. The van der Waals surface area contributed by atoms with E-state index >= 15 is 0 Å². The number of thioether (sulfide) groups is 1. The van der Waals surface area contributed by atoms with Crippen LogP contribution < -0.4 is 0 Å². The van der Waals surface area contributed by atoms with Gasteiger partial charge in [0.25, 0.3) is 0 Å². The van der Waals surface area contributed by atoms with Gasteiger partial charge < -0.3 is 0 Å². The third-order valence-corrected chi connectivity index (χ3v) is 1.30. The van der Waals surface area contributed by atoms with Gasteiger partial charge >= 0.3 is 0 Å². The predicted octanol–water partition coefficient (Wildman–Crippen LogP) is 2.31. The maximum Gasteiger partial charge on any atom is 0.0175 e. The van der Waals surface area contributed by atoms with E-state index in [0.717, 1.165) is 0 Å². The van der Waals surface area contributed by atoms with Crippen LogP contribution in [-0.2, 0) is 0 Å². The van der Waals surface area contributed by atoms with E-state index < -0.39 is 0 Å². The third-order valence-electron chi connectivity index (χ3n) is 0.751. The van der Waals surface area contributed by atoms with Gasteiger partial charge in [0.05, 0.1) is 0 Å². The average molecular weight is 110 g/mol. The Hall–Kier alpha value is -0.390. The SMILES string of the molecule is CC1=C=CSC=C1. The fraction of sp³-hybridized carbons (Fsp3) is 0.167. The van der Waals surface area contributed by atoms with E-state index in [1.165, 1.54) is 5.57 Å². The van der Waals surface area contributed by atoms with Gasteiger partial charge in [0.15, 0.2) is 0 Å². The number of hydrogen-bond acceptors (Lipinski definition) is 1. The summed E-state index contributed by atoms with van der Waals surface area (Å²) < 4.78 is 0. The lowest BCUT2D eigenvalue weighted by molar-refractivity contribution is 1.55. The number of hydrogen-bond donors (Lipinski definition) is 0. The van der Waals surface area contributed by atoms with Gasteiger partial charge in [-0.25, -0.2) is 0 Å². The van der Waals surface area contributed by atoms with Gasteiger partial charge in [-0.15, -0.1) is 5.73 Å². The quantitative estimate of drug-likeness (QED) is 0.431. The molecule has 0 radical (unpaired) electrons. The molecule has 0 bridgehead atoms. The Bertz CT molecular complexity index is 148. The minimum atomic E-state index is 1.21. The van der Waals surface area contributed by atoms with Crippen LogP contribution in [0.4, 0.5) is 0 Å². The molecule has 0 aromatic rings. The first-order chi connectivity index (χ1) is 3.39. The number of rotatable bonds is 0. The van der Waals surface area contributed by atoms with Crippen molar-refractivity contribution in [1.29, 1.82) is 0 Å². The Balaban J connectivity index is 2.89. The maximum absolute atomic E-state index is 3.05. The van der Waals surface area contributed by atoms with Crippen LogP contribution in [0.3, 0.4) is 0 Å². The fourth-order valence-corrected chi connectivity index (χ4v) is 0.971. The van der Waals surface area contributed by atoms with Crippen LogP contribution in [0.15, 0.2) is 28.2 Å². The molecule has 1 aliphatic heterocycles. The van der Waals surface area contributed by atoms with Crippen LogP contribution in [0.1, 0.15) is 6.92 Å². The van der Waals surface area contributed by atoms with Crippen molar-refractivity contribution in [2.24, 2.45) is 0 Å². The second-order valence-electron chi connectivity index (χ2n) is 1.38. The monoisotopic (exact) mass is 110 g/mol. The summed E-state index contributed by atoms with van der Waals surface area (Å²) in [5.74, 6) is 0. The van der Waals surface area contributed by atoms with E-state index in [2.05, 4.69) is 5.73 Å². The summed E-state index contributed by atoms with van der Waals surface area (Å²) in [6.45, 7) is 2.03. The maximum atomic E-state index is 3.05. The van der Waals surface area contributed by atoms with Crippen LogP contribution in [0.5, 0.6) is 0 Å². The largest absolute Gasteiger partial charge is 0.110 e. The smallest absolute Gasteiger partial charge is 0.0175 e. The molecule has 1 rings (SSSR count). The van der Waals surface area contributed by atoms with Crippen LogP contribution in [-0.4, -0.2) is 0 Å². The van der Waals surface area contributed by atoms with Gasteiger partial charge in [-0.3, -0.25) is 0 Å². The van der Waals surface area contributed by atoms with E-state index in [1.54, 1.807) is 11.8 Å². The van der Waals surface area contributed by atoms with Gasteiger partial charge in [-0.1, -0.05) is 11.8 Å². The molecule has 0 fully saturated rings. The normalized spacial score (nSPS) is 17.0. The van der Waals surface area contributed by atoms with Crippen molar-refractivity contribution in [3.63, 3.8) is 0 Å². The van der Waals surface area contributed by atoms with Crippen molar-refractivity contribution in [1.82, 2.24) is 0 Å². The predicted molar refractivity (Wildman–Crippen MR) is 34.0 cm³/mol. The van der Waals surface area contributed by atoms with Crippen LogP contribution in [0, 0.1) is 0 Å². The van der Waals surface area contributed by atoms with E-state index in [4.69, 9.17) is 0 Å². The lowest BCUT2D eigenvalue weighted by Crippen LogP contribution is -1.63. The van der Waals surface area contributed by atoms with Crippen molar-refractivity contribution in [3.8, 4) is 0 Å². The van der Waals surface area contributed by atoms with Crippen molar-refractivity contribution in [3.05, 3.63) is 28.2 Å². The summed E-state index contributed by atoms with van der Waals surface area (Å²) in [4.78, 5) is 0. The molecule has 0 saturated heterocycles.